The second-order valence-corrected chi connectivity index (χ2v) is 13.3. The summed E-state index contributed by atoms with van der Waals surface area (Å²) in [5.74, 6) is 1.02. The van der Waals surface area contributed by atoms with E-state index in [9.17, 15) is 9.59 Å². The third kappa shape index (κ3) is 6.68. The number of para-hydroxylation sites is 3. The van der Waals surface area contributed by atoms with E-state index in [0.717, 1.165) is 89.0 Å². The van der Waals surface area contributed by atoms with E-state index in [2.05, 4.69) is 64.0 Å². The predicted molar refractivity (Wildman–Crippen MR) is 177 cm³/mol. The second-order valence-electron chi connectivity index (χ2n) is 13.3. The number of benzene rings is 2. The summed E-state index contributed by atoms with van der Waals surface area (Å²) in [6.07, 6.45) is 13.3. The number of ether oxygens (including phenoxy) is 1. The molecule has 44 heavy (non-hydrogen) atoms. The molecule has 6 rings (SSSR count). The van der Waals surface area contributed by atoms with Gasteiger partial charge in [-0.3, -0.25) is 19.4 Å². The predicted octanol–water partition coefficient (Wildman–Crippen LogP) is 6.44. The lowest BCUT2D eigenvalue weighted by molar-refractivity contribution is -0.154. The zero-order valence-corrected chi connectivity index (χ0v) is 26.8. The Balaban J connectivity index is 1.29. The Hall–Kier alpha value is -3.32. The minimum atomic E-state index is -0.192. The van der Waals surface area contributed by atoms with Crippen molar-refractivity contribution in [3.8, 4) is 5.75 Å². The fraction of sp³-hybridized carbons (Fsp3) is 0.568. The van der Waals surface area contributed by atoms with Crippen LogP contribution in [0.15, 0.2) is 54.7 Å². The molecule has 1 aromatic heterocycles. The largest absolute Gasteiger partial charge is 0.495 e. The third-order valence-electron chi connectivity index (χ3n) is 10.5. The highest BCUT2D eigenvalue weighted by atomic mass is 16.5. The summed E-state index contributed by atoms with van der Waals surface area (Å²) in [5, 5.41) is 1.22. The lowest BCUT2D eigenvalue weighted by atomic mass is 9.85. The van der Waals surface area contributed by atoms with Crippen LogP contribution in [0, 0.1) is 11.8 Å². The van der Waals surface area contributed by atoms with Crippen LogP contribution in [0.2, 0.25) is 0 Å². The van der Waals surface area contributed by atoms with Crippen molar-refractivity contribution < 1.29 is 14.3 Å². The fourth-order valence-corrected chi connectivity index (χ4v) is 8.00. The van der Waals surface area contributed by atoms with Crippen LogP contribution in [0.25, 0.3) is 10.9 Å². The maximum absolute atomic E-state index is 14.5. The summed E-state index contributed by atoms with van der Waals surface area (Å²) in [6, 6.07) is 16.5. The van der Waals surface area contributed by atoms with E-state index in [-0.39, 0.29) is 29.7 Å². The number of amides is 2. The number of aromatic nitrogens is 1. The van der Waals surface area contributed by atoms with Gasteiger partial charge in [0.25, 0.3) is 0 Å². The molecule has 2 heterocycles. The van der Waals surface area contributed by atoms with Gasteiger partial charge in [0, 0.05) is 68.7 Å². The van der Waals surface area contributed by atoms with Gasteiger partial charge in [-0.05, 0) is 55.9 Å². The van der Waals surface area contributed by atoms with Crippen LogP contribution in [0.5, 0.6) is 5.75 Å². The Morgan fingerprint density at radius 1 is 0.818 bits per heavy atom. The molecule has 0 spiro atoms. The zero-order valence-electron chi connectivity index (χ0n) is 26.8. The van der Waals surface area contributed by atoms with Crippen LogP contribution in [0.1, 0.15) is 69.8 Å². The van der Waals surface area contributed by atoms with Gasteiger partial charge in [0.1, 0.15) is 5.75 Å². The van der Waals surface area contributed by atoms with E-state index < -0.39 is 0 Å². The second kappa shape index (κ2) is 14.2. The molecule has 236 valence electrons. The van der Waals surface area contributed by atoms with Gasteiger partial charge in [0.15, 0.2) is 0 Å². The summed E-state index contributed by atoms with van der Waals surface area (Å²) in [4.78, 5) is 35.7. The molecule has 0 N–H and O–H groups in total. The normalized spacial score (nSPS) is 19.6. The average Bonchev–Trinajstić information content (AvgIpc) is 3.40. The molecule has 1 saturated heterocycles. The molecule has 2 amide bonds. The zero-order chi connectivity index (χ0) is 30.5. The topological polar surface area (TPSA) is 58.0 Å². The minimum Gasteiger partial charge on any atom is -0.495 e. The first-order valence-electron chi connectivity index (χ1n) is 17.0. The van der Waals surface area contributed by atoms with Crippen molar-refractivity contribution in [1.82, 2.24) is 14.4 Å². The van der Waals surface area contributed by atoms with Crippen molar-refractivity contribution in [2.24, 2.45) is 18.9 Å². The number of hydrogen-bond acceptors (Lipinski definition) is 5. The van der Waals surface area contributed by atoms with E-state index in [0.29, 0.717) is 13.0 Å². The molecule has 1 atom stereocenters. The quantitative estimate of drug-likeness (QED) is 0.266. The molecule has 3 aliphatic rings. The van der Waals surface area contributed by atoms with Crippen LogP contribution < -0.4 is 9.64 Å². The minimum absolute atomic E-state index is 0.0336. The summed E-state index contributed by atoms with van der Waals surface area (Å²) in [6.45, 7) is 4.24. The van der Waals surface area contributed by atoms with Crippen LogP contribution in [0.3, 0.4) is 0 Å². The number of methoxy groups -OCH3 is 1. The fourth-order valence-electron chi connectivity index (χ4n) is 8.00. The molecule has 0 bridgehead atoms. The number of carbonyl (C=O) groups is 2. The molecule has 2 saturated carbocycles. The molecular weight excluding hydrogens is 548 g/mol. The Labute approximate surface area is 263 Å². The molecule has 7 nitrogen and oxygen atoms in total. The van der Waals surface area contributed by atoms with Crippen molar-refractivity contribution in [1.29, 1.82) is 0 Å². The monoisotopic (exact) mass is 598 g/mol. The SMILES string of the molecule is COc1ccccc1N1CCN(CC(Cc2cn(C)c3ccccc23)N(C(=O)C2CCCCC2)C(=O)C2CCCCC2)CC1. The van der Waals surface area contributed by atoms with Crippen molar-refractivity contribution in [3.05, 3.63) is 60.3 Å². The van der Waals surface area contributed by atoms with Gasteiger partial charge < -0.3 is 14.2 Å². The number of fused-ring (bicyclic) bond motifs is 1. The summed E-state index contributed by atoms with van der Waals surface area (Å²) < 4.78 is 7.84. The molecule has 3 fully saturated rings. The Kier molecular flexibility index (Phi) is 9.90. The molecule has 1 unspecified atom stereocenters. The molecule has 2 aliphatic carbocycles. The number of imide groups is 1. The number of nitrogens with zero attached hydrogens (tertiary/aromatic N) is 4. The summed E-state index contributed by atoms with van der Waals surface area (Å²) >= 11 is 0. The lowest BCUT2D eigenvalue weighted by Gasteiger charge is -2.42. The number of piperazine rings is 1. The number of anilines is 1. The van der Waals surface area contributed by atoms with Crippen molar-refractivity contribution in [3.63, 3.8) is 0 Å². The van der Waals surface area contributed by atoms with Crippen LogP contribution in [-0.2, 0) is 23.1 Å². The van der Waals surface area contributed by atoms with E-state index in [1.165, 1.54) is 29.3 Å². The van der Waals surface area contributed by atoms with Crippen LogP contribution in [0.4, 0.5) is 5.69 Å². The maximum atomic E-state index is 14.5. The third-order valence-corrected chi connectivity index (χ3v) is 10.5. The van der Waals surface area contributed by atoms with Crippen LogP contribution >= 0.6 is 0 Å². The first-order valence-corrected chi connectivity index (χ1v) is 17.0. The molecule has 0 radical (unpaired) electrons. The number of carbonyl (C=O) groups excluding carboxylic acids is 2. The Morgan fingerprint density at radius 2 is 1.41 bits per heavy atom. The molecular formula is C37H50N4O3. The van der Waals surface area contributed by atoms with E-state index in [4.69, 9.17) is 4.74 Å². The molecule has 7 heteroatoms. The van der Waals surface area contributed by atoms with Gasteiger partial charge >= 0.3 is 0 Å². The van der Waals surface area contributed by atoms with Crippen LogP contribution in [-0.4, -0.2) is 72.1 Å². The first kappa shape index (κ1) is 30.7. The Morgan fingerprint density at radius 3 is 2.05 bits per heavy atom. The van der Waals surface area contributed by atoms with Gasteiger partial charge in [-0.25, -0.2) is 0 Å². The summed E-state index contributed by atoms with van der Waals surface area (Å²) in [5.41, 5.74) is 3.54. The van der Waals surface area contributed by atoms with Gasteiger partial charge in [-0.15, -0.1) is 0 Å². The average molecular weight is 599 g/mol. The van der Waals surface area contributed by atoms with Crippen molar-refractivity contribution in [2.45, 2.75) is 76.7 Å². The van der Waals surface area contributed by atoms with E-state index in [1.807, 2.05) is 17.0 Å². The van der Waals surface area contributed by atoms with Crippen molar-refractivity contribution >= 4 is 28.4 Å². The molecule has 1 aliphatic heterocycles. The first-order chi connectivity index (χ1) is 21.5. The van der Waals surface area contributed by atoms with Gasteiger partial charge in [-0.1, -0.05) is 68.9 Å². The highest BCUT2D eigenvalue weighted by Crippen LogP contribution is 2.33. The number of hydrogen-bond donors (Lipinski definition) is 0. The Bertz CT molecular complexity index is 1380. The van der Waals surface area contributed by atoms with Gasteiger partial charge in [0.2, 0.25) is 11.8 Å². The smallest absolute Gasteiger partial charge is 0.232 e. The lowest BCUT2D eigenvalue weighted by Crippen LogP contribution is -2.57. The molecule has 2 aromatic carbocycles. The highest BCUT2D eigenvalue weighted by molar-refractivity contribution is 5.98. The van der Waals surface area contributed by atoms with Gasteiger partial charge in [-0.2, -0.15) is 0 Å². The summed E-state index contributed by atoms with van der Waals surface area (Å²) in [7, 11) is 3.82. The number of aryl methyl sites for hydroxylation is 1. The van der Waals surface area contributed by atoms with E-state index in [1.54, 1.807) is 7.11 Å². The van der Waals surface area contributed by atoms with Gasteiger partial charge in [0.05, 0.1) is 18.8 Å². The number of rotatable bonds is 9. The van der Waals surface area contributed by atoms with E-state index >= 15 is 0 Å². The molecule has 3 aromatic rings. The standard InChI is InChI=1S/C37H50N4O3/c1-38-26-30(32-17-9-10-18-33(32)38)25-31(27-39-21-23-40(24-22-39)34-19-11-12-20-35(34)44-2)41(36(42)28-13-5-3-6-14-28)37(43)29-15-7-4-8-16-29/h9-12,17-20,26,28-29,31H,3-8,13-16,21-25,27H2,1-2H3. The highest BCUT2D eigenvalue weighted by Gasteiger charge is 2.39. The maximum Gasteiger partial charge on any atom is 0.232 e. The van der Waals surface area contributed by atoms with Crippen molar-refractivity contribution in [2.75, 3.05) is 44.7 Å².